The summed E-state index contributed by atoms with van der Waals surface area (Å²) < 4.78 is 21.8. The molecule has 0 saturated carbocycles. The third-order valence-corrected chi connectivity index (χ3v) is 5.89. The molecular weight excluding hydrogens is 428 g/mol. The van der Waals surface area contributed by atoms with Crippen LogP contribution in [0.3, 0.4) is 0 Å². The van der Waals surface area contributed by atoms with Crippen LogP contribution in [0.15, 0.2) is 23.4 Å². The van der Waals surface area contributed by atoms with Crippen molar-refractivity contribution in [2.24, 2.45) is 0 Å². The first-order valence-electron chi connectivity index (χ1n) is 11.1. The molecule has 10 heteroatoms. The smallest absolute Gasteiger partial charge is 0.338 e. The number of benzene rings is 1. The third kappa shape index (κ3) is 5.69. The molecule has 2 aliphatic rings. The standard InChI is InChI=1S/C23H34N4O6/c1-6-33-22(28)20-16(14-27-9-7-8-26(2)10-11-27)24-23(29)25-21(20)15-12-18(31-4)19(32-5)13-17(15)30-3/h12-13,21H,6-11,14H2,1-5H3,(H2,24,25,29). The largest absolute Gasteiger partial charge is 0.496 e. The summed E-state index contributed by atoms with van der Waals surface area (Å²) in [6.45, 7) is 6.04. The van der Waals surface area contributed by atoms with Crippen molar-refractivity contribution < 1.29 is 28.5 Å². The van der Waals surface area contributed by atoms with Gasteiger partial charge in [0.25, 0.3) is 0 Å². The summed E-state index contributed by atoms with van der Waals surface area (Å²) in [4.78, 5) is 30.4. The number of carbonyl (C=O) groups is 2. The van der Waals surface area contributed by atoms with E-state index in [0.29, 0.717) is 40.6 Å². The first-order chi connectivity index (χ1) is 15.9. The van der Waals surface area contributed by atoms with Gasteiger partial charge < -0.3 is 34.5 Å². The topological polar surface area (TPSA) is 102 Å². The lowest BCUT2D eigenvalue weighted by molar-refractivity contribution is -0.139. The van der Waals surface area contributed by atoms with Gasteiger partial charge in [-0.05, 0) is 39.5 Å². The number of rotatable bonds is 8. The Kier molecular flexibility index (Phi) is 8.40. The maximum atomic E-state index is 13.1. The molecule has 3 rings (SSSR count). The summed E-state index contributed by atoms with van der Waals surface area (Å²) >= 11 is 0. The van der Waals surface area contributed by atoms with E-state index in [0.717, 1.165) is 32.6 Å². The van der Waals surface area contributed by atoms with Gasteiger partial charge in [0, 0.05) is 37.0 Å². The minimum absolute atomic E-state index is 0.216. The molecule has 0 aromatic heterocycles. The number of esters is 1. The molecule has 182 valence electrons. The average molecular weight is 463 g/mol. The molecular formula is C23H34N4O6. The number of amides is 2. The fourth-order valence-corrected chi connectivity index (χ4v) is 4.19. The molecule has 0 spiro atoms. The number of ether oxygens (including phenoxy) is 4. The number of urea groups is 1. The molecule has 1 atom stereocenters. The fraction of sp³-hybridized carbons (Fsp3) is 0.565. The van der Waals surface area contributed by atoms with Crippen LogP contribution in [0.5, 0.6) is 17.2 Å². The highest BCUT2D eigenvalue weighted by molar-refractivity contribution is 5.95. The van der Waals surface area contributed by atoms with E-state index >= 15 is 0 Å². The predicted molar refractivity (Wildman–Crippen MR) is 123 cm³/mol. The molecule has 0 aliphatic carbocycles. The van der Waals surface area contributed by atoms with Crippen molar-refractivity contribution in [2.75, 3.05) is 67.7 Å². The van der Waals surface area contributed by atoms with Crippen LogP contribution in [-0.4, -0.2) is 89.5 Å². The first kappa shape index (κ1) is 24.7. The molecule has 2 heterocycles. The van der Waals surface area contributed by atoms with E-state index in [1.807, 2.05) is 0 Å². The Morgan fingerprint density at radius 2 is 1.73 bits per heavy atom. The summed E-state index contributed by atoms with van der Waals surface area (Å²) in [6, 6.07) is 2.21. The second-order valence-corrected chi connectivity index (χ2v) is 8.03. The normalized spacial score (nSPS) is 19.9. The van der Waals surface area contributed by atoms with Crippen molar-refractivity contribution in [1.82, 2.24) is 20.4 Å². The summed E-state index contributed by atoms with van der Waals surface area (Å²) in [5.74, 6) is 0.904. The van der Waals surface area contributed by atoms with Crippen LogP contribution in [0.1, 0.15) is 24.9 Å². The van der Waals surface area contributed by atoms with Crippen molar-refractivity contribution in [3.05, 3.63) is 29.0 Å². The minimum Gasteiger partial charge on any atom is -0.496 e. The van der Waals surface area contributed by atoms with Gasteiger partial charge in [-0.1, -0.05) is 0 Å². The summed E-state index contributed by atoms with van der Waals surface area (Å²) in [6.07, 6.45) is 1.01. The number of hydrogen-bond donors (Lipinski definition) is 2. The Balaban J connectivity index is 2.08. The van der Waals surface area contributed by atoms with Crippen LogP contribution in [-0.2, 0) is 9.53 Å². The van der Waals surface area contributed by atoms with Crippen molar-refractivity contribution in [1.29, 1.82) is 0 Å². The quantitative estimate of drug-likeness (QED) is 0.561. The van der Waals surface area contributed by atoms with Crippen LogP contribution < -0.4 is 24.8 Å². The van der Waals surface area contributed by atoms with Crippen molar-refractivity contribution >= 4 is 12.0 Å². The van der Waals surface area contributed by atoms with E-state index in [1.54, 1.807) is 19.1 Å². The van der Waals surface area contributed by atoms with Crippen molar-refractivity contribution in [3.63, 3.8) is 0 Å². The Labute approximate surface area is 194 Å². The second-order valence-electron chi connectivity index (χ2n) is 8.03. The highest BCUT2D eigenvalue weighted by Crippen LogP contribution is 2.41. The molecule has 1 fully saturated rings. The van der Waals surface area contributed by atoms with Crippen LogP contribution in [0.2, 0.25) is 0 Å². The van der Waals surface area contributed by atoms with Gasteiger partial charge >= 0.3 is 12.0 Å². The predicted octanol–water partition coefficient (Wildman–Crippen LogP) is 1.52. The van der Waals surface area contributed by atoms with E-state index in [4.69, 9.17) is 18.9 Å². The van der Waals surface area contributed by atoms with Gasteiger partial charge in [0.15, 0.2) is 11.5 Å². The molecule has 2 aliphatic heterocycles. The third-order valence-electron chi connectivity index (χ3n) is 5.89. The molecule has 33 heavy (non-hydrogen) atoms. The number of methoxy groups -OCH3 is 3. The van der Waals surface area contributed by atoms with E-state index in [2.05, 4.69) is 27.5 Å². The number of nitrogens with one attached hydrogen (secondary N) is 2. The SMILES string of the molecule is CCOC(=O)C1=C(CN2CCCN(C)CC2)NC(=O)NC1c1cc(OC)c(OC)cc1OC. The Morgan fingerprint density at radius 3 is 2.39 bits per heavy atom. The van der Waals surface area contributed by atoms with Crippen LogP contribution >= 0.6 is 0 Å². The van der Waals surface area contributed by atoms with E-state index in [-0.39, 0.29) is 6.61 Å². The van der Waals surface area contributed by atoms with Crippen LogP contribution in [0.25, 0.3) is 0 Å². The number of carbonyl (C=O) groups excluding carboxylic acids is 2. The van der Waals surface area contributed by atoms with Gasteiger partial charge in [0.1, 0.15) is 5.75 Å². The average Bonchev–Trinajstić information content (AvgIpc) is 3.01. The van der Waals surface area contributed by atoms with Gasteiger partial charge in [0.05, 0.1) is 39.6 Å². The molecule has 10 nitrogen and oxygen atoms in total. The van der Waals surface area contributed by atoms with Crippen molar-refractivity contribution in [2.45, 2.75) is 19.4 Å². The molecule has 0 radical (unpaired) electrons. The molecule has 1 aromatic rings. The monoisotopic (exact) mass is 462 g/mol. The first-order valence-corrected chi connectivity index (χ1v) is 11.1. The Morgan fingerprint density at radius 1 is 1.03 bits per heavy atom. The summed E-state index contributed by atoms with van der Waals surface area (Å²) in [5.41, 5.74) is 1.45. The molecule has 1 aromatic carbocycles. The summed E-state index contributed by atoms with van der Waals surface area (Å²) in [7, 11) is 6.68. The van der Waals surface area contributed by atoms with Gasteiger partial charge in [-0.2, -0.15) is 0 Å². The lowest BCUT2D eigenvalue weighted by Crippen LogP contribution is -2.48. The number of hydrogen-bond acceptors (Lipinski definition) is 8. The van der Waals surface area contributed by atoms with Crippen LogP contribution in [0, 0.1) is 0 Å². The fourth-order valence-electron chi connectivity index (χ4n) is 4.19. The minimum atomic E-state index is -0.780. The molecule has 2 amide bonds. The zero-order valence-electron chi connectivity index (χ0n) is 20.0. The molecule has 0 bridgehead atoms. The van der Waals surface area contributed by atoms with E-state index < -0.39 is 18.0 Å². The number of likely N-dealkylation sites (N-methyl/N-ethyl adjacent to an activating group) is 1. The molecule has 1 unspecified atom stereocenters. The van der Waals surface area contributed by atoms with Crippen molar-refractivity contribution in [3.8, 4) is 17.2 Å². The van der Waals surface area contributed by atoms with Gasteiger partial charge in [0.2, 0.25) is 0 Å². The zero-order chi connectivity index (χ0) is 24.0. The second kappa shape index (κ2) is 11.2. The highest BCUT2D eigenvalue weighted by atomic mass is 16.5. The maximum absolute atomic E-state index is 13.1. The van der Waals surface area contributed by atoms with Crippen LogP contribution in [0.4, 0.5) is 4.79 Å². The molecule has 1 saturated heterocycles. The van der Waals surface area contributed by atoms with Gasteiger partial charge in [-0.3, -0.25) is 4.90 Å². The Bertz CT molecular complexity index is 903. The Hall–Kier alpha value is -2.98. The van der Waals surface area contributed by atoms with E-state index in [1.165, 1.54) is 21.3 Å². The lowest BCUT2D eigenvalue weighted by Gasteiger charge is -2.32. The van der Waals surface area contributed by atoms with Gasteiger partial charge in [-0.15, -0.1) is 0 Å². The van der Waals surface area contributed by atoms with Gasteiger partial charge in [-0.25, -0.2) is 9.59 Å². The molecule has 2 N–H and O–H groups in total. The lowest BCUT2D eigenvalue weighted by atomic mass is 9.93. The summed E-state index contributed by atoms with van der Waals surface area (Å²) in [5, 5.41) is 5.71. The zero-order valence-corrected chi connectivity index (χ0v) is 20.0. The maximum Gasteiger partial charge on any atom is 0.338 e. The highest BCUT2D eigenvalue weighted by Gasteiger charge is 2.36. The number of nitrogens with zero attached hydrogens (tertiary/aromatic N) is 2. The van der Waals surface area contributed by atoms with E-state index in [9.17, 15) is 9.59 Å².